The molecule has 0 bridgehead atoms. The quantitative estimate of drug-likeness (QED) is 0.856. The number of nitrogens with zero attached hydrogens (tertiary/aromatic N) is 3. The SMILES string of the molecule is Cn1cnc(COc2cccc(Br)c2)n1. The second-order valence-corrected chi connectivity index (χ2v) is 4.00. The molecule has 2 rings (SSSR count). The van der Waals surface area contributed by atoms with Crippen LogP contribution in [-0.2, 0) is 13.7 Å². The van der Waals surface area contributed by atoms with Crippen molar-refractivity contribution in [1.29, 1.82) is 0 Å². The number of halogens is 1. The molecule has 1 aromatic heterocycles. The molecule has 2 aromatic rings. The molecule has 0 saturated heterocycles. The molecule has 0 fully saturated rings. The summed E-state index contributed by atoms with van der Waals surface area (Å²) in [5.41, 5.74) is 0. The third-order valence-electron chi connectivity index (χ3n) is 1.81. The summed E-state index contributed by atoms with van der Waals surface area (Å²) in [4.78, 5) is 4.07. The van der Waals surface area contributed by atoms with E-state index in [1.165, 1.54) is 0 Å². The summed E-state index contributed by atoms with van der Waals surface area (Å²) in [5, 5.41) is 4.12. The molecular weight excluding hydrogens is 258 g/mol. The Morgan fingerprint density at radius 3 is 3.00 bits per heavy atom. The number of aromatic nitrogens is 3. The van der Waals surface area contributed by atoms with E-state index >= 15 is 0 Å². The number of hydrogen-bond acceptors (Lipinski definition) is 3. The van der Waals surface area contributed by atoms with Crippen LogP contribution in [0.3, 0.4) is 0 Å². The maximum absolute atomic E-state index is 5.52. The maximum atomic E-state index is 5.52. The average molecular weight is 268 g/mol. The normalized spacial score (nSPS) is 10.3. The van der Waals surface area contributed by atoms with Gasteiger partial charge in [-0.2, -0.15) is 5.10 Å². The van der Waals surface area contributed by atoms with Crippen LogP contribution >= 0.6 is 15.9 Å². The molecule has 0 spiro atoms. The first-order valence-corrected chi connectivity index (χ1v) is 5.26. The van der Waals surface area contributed by atoms with Gasteiger partial charge in [0, 0.05) is 11.5 Å². The molecule has 78 valence electrons. The molecular formula is C10H10BrN3O. The van der Waals surface area contributed by atoms with Crippen LogP contribution in [0.4, 0.5) is 0 Å². The molecule has 0 aliphatic carbocycles. The topological polar surface area (TPSA) is 39.9 Å². The highest BCUT2D eigenvalue weighted by atomic mass is 79.9. The Balaban J connectivity index is 1.99. The third kappa shape index (κ3) is 2.79. The van der Waals surface area contributed by atoms with Crippen LogP contribution in [-0.4, -0.2) is 14.8 Å². The van der Waals surface area contributed by atoms with Crippen molar-refractivity contribution in [3.05, 3.63) is 40.9 Å². The molecule has 0 aliphatic heterocycles. The zero-order valence-corrected chi connectivity index (χ0v) is 9.81. The predicted octanol–water partition coefficient (Wildman–Crippen LogP) is 2.16. The minimum atomic E-state index is 0.386. The van der Waals surface area contributed by atoms with Crippen LogP contribution in [0.15, 0.2) is 35.1 Å². The summed E-state index contributed by atoms with van der Waals surface area (Å²) in [6, 6.07) is 7.67. The van der Waals surface area contributed by atoms with Crippen molar-refractivity contribution in [2.75, 3.05) is 0 Å². The number of aryl methyl sites for hydroxylation is 1. The van der Waals surface area contributed by atoms with Gasteiger partial charge in [0.2, 0.25) is 0 Å². The van der Waals surface area contributed by atoms with E-state index in [1.807, 2.05) is 31.3 Å². The van der Waals surface area contributed by atoms with Crippen LogP contribution in [0.25, 0.3) is 0 Å². The Labute approximate surface area is 96.0 Å². The molecule has 0 unspecified atom stereocenters. The van der Waals surface area contributed by atoms with Crippen molar-refractivity contribution in [3.63, 3.8) is 0 Å². The maximum Gasteiger partial charge on any atom is 0.188 e. The lowest BCUT2D eigenvalue weighted by Gasteiger charge is -2.03. The Bertz CT molecular complexity index is 455. The van der Waals surface area contributed by atoms with Gasteiger partial charge in [-0.25, -0.2) is 4.98 Å². The van der Waals surface area contributed by atoms with Gasteiger partial charge in [-0.3, -0.25) is 4.68 Å². The van der Waals surface area contributed by atoms with Crippen LogP contribution in [0.2, 0.25) is 0 Å². The van der Waals surface area contributed by atoms with Crippen molar-refractivity contribution >= 4 is 15.9 Å². The summed E-state index contributed by atoms with van der Waals surface area (Å²) >= 11 is 3.38. The Hall–Kier alpha value is -1.36. The predicted molar refractivity (Wildman–Crippen MR) is 59.5 cm³/mol. The molecule has 1 heterocycles. The van der Waals surface area contributed by atoms with E-state index in [0.717, 1.165) is 10.2 Å². The summed E-state index contributed by atoms with van der Waals surface area (Å²) < 4.78 is 8.16. The Morgan fingerprint density at radius 2 is 2.33 bits per heavy atom. The van der Waals surface area contributed by atoms with E-state index in [1.54, 1.807) is 11.0 Å². The van der Waals surface area contributed by atoms with E-state index in [4.69, 9.17) is 4.74 Å². The van der Waals surface area contributed by atoms with Crippen molar-refractivity contribution in [1.82, 2.24) is 14.8 Å². The van der Waals surface area contributed by atoms with E-state index in [2.05, 4.69) is 26.0 Å². The lowest BCUT2D eigenvalue weighted by atomic mass is 10.3. The van der Waals surface area contributed by atoms with Crippen molar-refractivity contribution in [3.8, 4) is 5.75 Å². The first-order valence-electron chi connectivity index (χ1n) is 4.47. The largest absolute Gasteiger partial charge is 0.485 e. The summed E-state index contributed by atoms with van der Waals surface area (Å²) in [5.74, 6) is 1.48. The van der Waals surface area contributed by atoms with E-state index in [-0.39, 0.29) is 0 Å². The van der Waals surface area contributed by atoms with Gasteiger partial charge in [0.1, 0.15) is 18.7 Å². The zero-order valence-electron chi connectivity index (χ0n) is 8.22. The van der Waals surface area contributed by atoms with Gasteiger partial charge in [-0.1, -0.05) is 22.0 Å². The molecule has 4 nitrogen and oxygen atoms in total. The summed E-state index contributed by atoms with van der Waals surface area (Å²) in [6.45, 7) is 0.386. The van der Waals surface area contributed by atoms with E-state index in [9.17, 15) is 0 Å². The molecule has 0 atom stereocenters. The molecule has 1 aromatic carbocycles. The lowest BCUT2D eigenvalue weighted by molar-refractivity contribution is 0.295. The highest BCUT2D eigenvalue weighted by Crippen LogP contribution is 2.18. The van der Waals surface area contributed by atoms with Gasteiger partial charge in [-0.15, -0.1) is 0 Å². The number of ether oxygens (including phenoxy) is 1. The lowest BCUT2D eigenvalue weighted by Crippen LogP contribution is -1.98. The van der Waals surface area contributed by atoms with Crippen molar-refractivity contribution in [2.24, 2.45) is 7.05 Å². The Morgan fingerprint density at radius 1 is 1.47 bits per heavy atom. The highest BCUT2D eigenvalue weighted by molar-refractivity contribution is 9.10. The average Bonchev–Trinajstić information content (AvgIpc) is 2.62. The van der Waals surface area contributed by atoms with Gasteiger partial charge < -0.3 is 4.74 Å². The standard InChI is InChI=1S/C10H10BrN3O/c1-14-7-12-10(13-14)6-15-9-4-2-3-8(11)5-9/h2-5,7H,6H2,1H3. The fourth-order valence-electron chi connectivity index (χ4n) is 1.15. The van der Waals surface area contributed by atoms with Crippen LogP contribution < -0.4 is 4.74 Å². The molecule has 5 heteroatoms. The van der Waals surface area contributed by atoms with Gasteiger partial charge in [0.25, 0.3) is 0 Å². The monoisotopic (exact) mass is 267 g/mol. The van der Waals surface area contributed by atoms with Crippen molar-refractivity contribution < 1.29 is 4.74 Å². The minimum absolute atomic E-state index is 0.386. The molecule has 0 N–H and O–H groups in total. The third-order valence-corrected chi connectivity index (χ3v) is 2.30. The first kappa shape index (κ1) is 10.2. The summed E-state index contributed by atoms with van der Waals surface area (Å²) in [7, 11) is 1.83. The number of hydrogen-bond donors (Lipinski definition) is 0. The van der Waals surface area contributed by atoms with Gasteiger partial charge in [-0.05, 0) is 18.2 Å². The van der Waals surface area contributed by atoms with Crippen LogP contribution in [0, 0.1) is 0 Å². The molecule has 0 saturated carbocycles. The Kier molecular flexibility index (Phi) is 3.01. The number of benzene rings is 1. The second kappa shape index (κ2) is 4.44. The number of rotatable bonds is 3. The summed E-state index contributed by atoms with van der Waals surface area (Å²) in [6.07, 6.45) is 1.65. The molecule has 0 aliphatic rings. The van der Waals surface area contributed by atoms with Gasteiger partial charge >= 0.3 is 0 Å². The van der Waals surface area contributed by atoms with Crippen LogP contribution in [0.5, 0.6) is 5.75 Å². The van der Waals surface area contributed by atoms with Crippen molar-refractivity contribution in [2.45, 2.75) is 6.61 Å². The molecule has 15 heavy (non-hydrogen) atoms. The van der Waals surface area contributed by atoms with E-state index < -0.39 is 0 Å². The van der Waals surface area contributed by atoms with Crippen LogP contribution in [0.1, 0.15) is 5.82 Å². The smallest absolute Gasteiger partial charge is 0.188 e. The van der Waals surface area contributed by atoms with Gasteiger partial charge in [0.05, 0.1) is 0 Å². The fourth-order valence-corrected chi connectivity index (χ4v) is 1.53. The molecule has 0 amide bonds. The first-order chi connectivity index (χ1) is 7.24. The minimum Gasteiger partial charge on any atom is -0.485 e. The van der Waals surface area contributed by atoms with E-state index in [0.29, 0.717) is 12.4 Å². The van der Waals surface area contributed by atoms with Gasteiger partial charge in [0.15, 0.2) is 5.82 Å². The second-order valence-electron chi connectivity index (χ2n) is 3.08. The fraction of sp³-hybridized carbons (Fsp3) is 0.200. The highest BCUT2D eigenvalue weighted by Gasteiger charge is 2.00. The molecule has 0 radical (unpaired) electrons. The zero-order chi connectivity index (χ0) is 10.7.